The molecule has 0 bridgehead atoms. The highest BCUT2D eigenvalue weighted by Gasteiger charge is 2.12. The zero-order valence-corrected chi connectivity index (χ0v) is 16.3. The normalized spacial score (nSPS) is 12.9. The Morgan fingerprint density at radius 1 is 1.30 bits per heavy atom. The third-order valence-corrected chi connectivity index (χ3v) is 4.38. The summed E-state index contributed by atoms with van der Waals surface area (Å²) in [5.41, 5.74) is 5.14. The first kappa shape index (κ1) is 18.4. The minimum Gasteiger partial charge on any atom is -0.386 e. The Morgan fingerprint density at radius 2 is 2.11 bits per heavy atom. The molecule has 0 saturated heterocycles. The number of aryl methyl sites for hydroxylation is 2. The molecule has 2 heterocycles. The molecule has 0 amide bonds. The van der Waals surface area contributed by atoms with Crippen LogP contribution >= 0.6 is 0 Å². The number of guanidine groups is 1. The fraction of sp³-hybridized carbons (Fsp3) is 0.250. The van der Waals surface area contributed by atoms with Gasteiger partial charge >= 0.3 is 0 Å². The molecule has 7 heteroatoms. The van der Waals surface area contributed by atoms with Gasteiger partial charge in [0, 0.05) is 54.9 Å². The van der Waals surface area contributed by atoms with Crippen molar-refractivity contribution in [3.8, 4) is 0 Å². The van der Waals surface area contributed by atoms with Gasteiger partial charge in [0.05, 0.1) is 11.2 Å². The van der Waals surface area contributed by atoms with Gasteiger partial charge in [-0.05, 0) is 26.8 Å². The molecule has 3 rings (SSSR count). The Kier molecular flexibility index (Phi) is 5.40. The Hall–Kier alpha value is -3.35. The van der Waals surface area contributed by atoms with Gasteiger partial charge in [-0.3, -0.25) is 4.68 Å². The van der Waals surface area contributed by atoms with Crippen molar-refractivity contribution >= 4 is 40.3 Å². The van der Waals surface area contributed by atoms with E-state index in [0.717, 1.165) is 33.5 Å². The monoisotopic (exact) mass is 363 g/mol. The summed E-state index contributed by atoms with van der Waals surface area (Å²) in [4.78, 5) is 12.3. The summed E-state index contributed by atoms with van der Waals surface area (Å²) in [6.45, 7) is 5.84. The minimum atomic E-state index is 0.489. The summed E-state index contributed by atoms with van der Waals surface area (Å²) < 4.78 is 1.79. The van der Waals surface area contributed by atoms with Gasteiger partial charge in [0.15, 0.2) is 5.82 Å². The lowest BCUT2D eigenvalue weighted by Crippen LogP contribution is -2.20. The largest absolute Gasteiger partial charge is 0.386 e. The van der Waals surface area contributed by atoms with Crippen molar-refractivity contribution in [1.29, 1.82) is 0 Å². The van der Waals surface area contributed by atoms with Crippen LogP contribution in [-0.2, 0) is 7.05 Å². The van der Waals surface area contributed by atoms with Crippen LogP contribution in [0, 0.1) is 6.92 Å². The number of hydrogen-bond acceptors (Lipinski definition) is 3. The molecule has 0 atom stereocenters. The highest BCUT2D eigenvalue weighted by Crippen LogP contribution is 2.28. The highest BCUT2D eigenvalue weighted by molar-refractivity contribution is 6.02. The molecule has 3 aromatic rings. The first-order chi connectivity index (χ1) is 13.1. The van der Waals surface area contributed by atoms with Crippen molar-refractivity contribution in [1.82, 2.24) is 20.1 Å². The molecule has 0 aliphatic carbocycles. The molecule has 27 heavy (non-hydrogen) atoms. The number of nitrogens with zero attached hydrogens (tertiary/aromatic N) is 4. The van der Waals surface area contributed by atoms with Crippen LogP contribution in [0.1, 0.15) is 25.1 Å². The fourth-order valence-corrected chi connectivity index (χ4v) is 2.92. The number of para-hydroxylation sites is 1. The second-order valence-electron chi connectivity index (χ2n) is 6.10. The second-order valence-corrected chi connectivity index (χ2v) is 6.10. The summed E-state index contributed by atoms with van der Waals surface area (Å²) in [6.07, 6.45) is 5.72. The third kappa shape index (κ3) is 3.76. The molecule has 3 N–H and O–H groups in total. The van der Waals surface area contributed by atoms with Crippen molar-refractivity contribution in [2.45, 2.75) is 20.8 Å². The van der Waals surface area contributed by atoms with E-state index in [1.165, 1.54) is 0 Å². The lowest BCUT2D eigenvalue weighted by atomic mass is 10.1. The number of benzene rings is 1. The number of H-pyrrole nitrogens is 1. The van der Waals surface area contributed by atoms with Gasteiger partial charge in [-0.15, -0.1) is 0 Å². The summed E-state index contributed by atoms with van der Waals surface area (Å²) in [5, 5.41) is 12.1. The molecule has 0 radical (unpaired) electrons. The number of hydrogen-bond donors (Lipinski definition) is 3. The number of allylic oxidation sites excluding steroid dienone is 1. The first-order valence-electron chi connectivity index (χ1n) is 8.87. The molecule has 0 saturated carbocycles. The van der Waals surface area contributed by atoms with Crippen LogP contribution in [0.25, 0.3) is 16.6 Å². The Balaban J connectivity index is 1.98. The molecular formula is C20H25N7. The molecule has 2 aromatic heterocycles. The van der Waals surface area contributed by atoms with Crippen LogP contribution in [0.5, 0.6) is 0 Å². The second kappa shape index (κ2) is 7.90. The highest BCUT2D eigenvalue weighted by atomic mass is 15.3. The van der Waals surface area contributed by atoms with Crippen LogP contribution in [0.4, 0.5) is 11.5 Å². The summed E-state index contributed by atoms with van der Waals surface area (Å²) in [5.74, 6) is 1.11. The maximum atomic E-state index is 4.55. The SMILES string of the molecule is CC=NC(=Nc1cc(C)n(C)n1)N/C(=C/C)c1c[nH]c2c(NC)cccc12. The van der Waals surface area contributed by atoms with E-state index in [1.54, 1.807) is 10.9 Å². The maximum absolute atomic E-state index is 4.55. The van der Waals surface area contributed by atoms with Crippen molar-refractivity contribution in [2.24, 2.45) is 17.0 Å². The molecular weight excluding hydrogens is 338 g/mol. The van der Waals surface area contributed by atoms with Crippen molar-refractivity contribution < 1.29 is 0 Å². The molecule has 140 valence electrons. The predicted molar refractivity (Wildman–Crippen MR) is 114 cm³/mol. The van der Waals surface area contributed by atoms with E-state index < -0.39 is 0 Å². The molecule has 0 unspecified atom stereocenters. The number of anilines is 1. The summed E-state index contributed by atoms with van der Waals surface area (Å²) >= 11 is 0. The number of aromatic amines is 1. The zero-order valence-electron chi connectivity index (χ0n) is 16.3. The zero-order chi connectivity index (χ0) is 19.4. The molecule has 0 aliphatic heterocycles. The lowest BCUT2D eigenvalue weighted by Gasteiger charge is -2.10. The van der Waals surface area contributed by atoms with E-state index in [4.69, 9.17) is 0 Å². The van der Waals surface area contributed by atoms with Crippen molar-refractivity contribution in [3.05, 3.63) is 47.8 Å². The van der Waals surface area contributed by atoms with Crippen LogP contribution in [0.2, 0.25) is 0 Å². The molecule has 0 aliphatic rings. The van der Waals surface area contributed by atoms with Gasteiger partial charge in [-0.2, -0.15) is 10.1 Å². The fourth-order valence-electron chi connectivity index (χ4n) is 2.92. The van der Waals surface area contributed by atoms with Crippen LogP contribution in [0.15, 0.2) is 46.5 Å². The average molecular weight is 363 g/mol. The predicted octanol–water partition coefficient (Wildman–Crippen LogP) is 3.98. The Morgan fingerprint density at radius 3 is 2.74 bits per heavy atom. The van der Waals surface area contributed by atoms with Gasteiger partial charge in [-0.1, -0.05) is 18.2 Å². The number of rotatable bonds is 4. The van der Waals surface area contributed by atoms with E-state index in [-0.39, 0.29) is 0 Å². The number of nitrogens with one attached hydrogen (secondary N) is 3. The Labute approximate surface area is 158 Å². The number of aromatic nitrogens is 3. The van der Waals surface area contributed by atoms with Gasteiger partial charge < -0.3 is 15.6 Å². The topological polar surface area (TPSA) is 82.4 Å². The molecule has 0 spiro atoms. The molecule has 1 aromatic carbocycles. The van der Waals surface area contributed by atoms with Crippen molar-refractivity contribution in [3.63, 3.8) is 0 Å². The standard InChI is InChI=1S/C20H25N7/c1-6-16(15-12-23-19-14(15)9-8-10-17(19)21-4)24-20(22-7-2)25-18-11-13(3)27(5)26-18/h6-12,21,23H,1-5H3,(H,24,25,26)/b16-6+,22-7?. The van der Waals surface area contributed by atoms with Crippen LogP contribution in [-0.4, -0.2) is 34.0 Å². The molecule has 7 nitrogen and oxygen atoms in total. The van der Waals surface area contributed by atoms with Crippen LogP contribution < -0.4 is 10.6 Å². The van der Waals surface area contributed by atoms with Crippen molar-refractivity contribution in [2.75, 3.05) is 12.4 Å². The van der Waals surface area contributed by atoms with Gasteiger partial charge in [0.2, 0.25) is 5.96 Å². The first-order valence-corrected chi connectivity index (χ1v) is 8.87. The summed E-state index contributed by atoms with van der Waals surface area (Å²) in [6, 6.07) is 8.10. The maximum Gasteiger partial charge on any atom is 0.228 e. The summed E-state index contributed by atoms with van der Waals surface area (Å²) in [7, 11) is 3.81. The van der Waals surface area contributed by atoms with Gasteiger partial charge in [0.25, 0.3) is 0 Å². The van der Waals surface area contributed by atoms with E-state index in [9.17, 15) is 0 Å². The van der Waals surface area contributed by atoms with Gasteiger partial charge in [0.1, 0.15) is 0 Å². The van der Waals surface area contributed by atoms with Gasteiger partial charge in [-0.25, -0.2) is 4.99 Å². The van der Waals surface area contributed by atoms with E-state index in [0.29, 0.717) is 11.8 Å². The lowest BCUT2D eigenvalue weighted by molar-refractivity contribution is 0.741. The minimum absolute atomic E-state index is 0.489. The third-order valence-electron chi connectivity index (χ3n) is 4.38. The number of fused-ring (bicyclic) bond motifs is 1. The van der Waals surface area contributed by atoms with E-state index in [1.807, 2.05) is 65.3 Å². The van der Waals surface area contributed by atoms with E-state index >= 15 is 0 Å². The smallest absolute Gasteiger partial charge is 0.228 e. The number of aliphatic imine (C=N–C) groups is 2. The quantitative estimate of drug-likeness (QED) is 0.484. The Bertz CT molecular complexity index is 1010. The van der Waals surface area contributed by atoms with Crippen LogP contribution in [0.3, 0.4) is 0 Å². The van der Waals surface area contributed by atoms with E-state index in [2.05, 4.69) is 36.8 Å². The average Bonchev–Trinajstić information content (AvgIpc) is 3.22. The molecule has 0 fully saturated rings.